The monoisotopic (exact) mass is 359 g/mol. The molecule has 0 aliphatic carbocycles. The summed E-state index contributed by atoms with van der Waals surface area (Å²) in [5.74, 6) is 0. The molecule has 1 radical (unpaired) electrons. The smallest absolute Gasteiger partial charge is 0.813 e. The van der Waals surface area contributed by atoms with Crippen molar-refractivity contribution in [1.82, 2.24) is 0 Å². The van der Waals surface area contributed by atoms with Gasteiger partial charge in [0, 0.05) is 0 Å². The minimum absolute atomic E-state index is 0. The Morgan fingerprint density at radius 2 is 0.438 bits per heavy atom. The van der Waals surface area contributed by atoms with Crippen molar-refractivity contribution in [2.24, 2.45) is 0 Å². The Bertz CT molecular complexity index is 40.3. The summed E-state index contributed by atoms with van der Waals surface area (Å²) in [6.45, 7) is 16.2. The van der Waals surface area contributed by atoms with Gasteiger partial charge in [-0.15, -0.1) is 0 Å². The Hall–Kier alpha value is 0.00896. The summed E-state index contributed by atoms with van der Waals surface area (Å²) in [6.07, 6.45) is 0. The fourth-order valence-corrected chi connectivity index (χ4v) is 0. The Balaban J connectivity index is -0.00000000198. The van der Waals surface area contributed by atoms with Gasteiger partial charge in [0.05, 0.1) is 0 Å². The zero-order chi connectivity index (χ0) is 10.0. The van der Waals surface area contributed by atoms with Crippen molar-refractivity contribution >= 4 is 60.9 Å². The van der Waals surface area contributed by atoms with Crippen LogP contribution in [0.25, 0.3) is 0 Å². The van der Waals surface area contributed by atoms with Crippen LogP contribution >= 0.6 is 0 Å². The second-order valence-electron chi connectivity index (χ2n) is 0. The summed E-state index contributed by atoms with van der Waals surface area (Å²) >= 11 is 0. The van der Waals surface area contributed by atoms with E-state index in [0.29, 0.717) is 0 Å². The minimum atomic E-state index is 0. The first-order valence-corrected chi connectivity index (χ1v) is 1.18. The van der Waals surface area contributed by atoms with Gasteiger partial charge >= 0.3 is 34.1 Å². The van der Waals surface area contributed by atoms with Crippen LogP contribution in [-0.2, 0) is 85.1 Å². The van der Waals surface area contributed by atoms with Crippen molar-refractivity contribution in [2.45, 2.75) is 0 Å². The standard InChI is InChI=1S/5CHO.2Fe.2H2O.2H2S/c5*1-2;;;;;;/h5*1H;;;4*1H2/q5*-1;+2;+5;;;;/p-2. The quantitative estimate of drug-likeness (QED) is 0.143. The zero-order valence-corrected chi connectivity index (χ0v) is 11.5. The van der Waals surface area contributed by atoms with E-state index in [4.69, 9.17) is 24.0 Å². The van der Waals surface area contributed by atoms with Gasteiger partial charge in [-0.25, -0.2) is 0 Å². The molecule has 11 heteroatoms. The number of hydrogen-bond acceptors (Lipinski definition) is 7. The van der Waals surface area contributed by atoms with Crippen LogP contribution in [0, 0.1) is 0 Å². The third-order valence-electron chi connectivity index (χ3n) is 0. The van der Waals surface area contributed by atoms with Crippen molar-refractivity contribution in [1.29, 1.82) is 0 Å². The van der Waals surface area contributed by atoms with Gasteiger partial charge in [-0.1, -0.05) is 0 Å². The topological polar surface area (TPSA) is 148 Å². The average molecular weight is 359 g/mol. The molecular formula is C5H11Fe2O7S2. The molecular weight excluding hydrogens is 348 g/mol. The molecule has 0 aromatic carbocycles. The van der Waals surface area contributed by atoms with Gasteiger partial charge < -0.3 is 61.9 Å². The van der Waals surface area contributed by atoms with E-state index >= 15 is 0 Å². The Morgan fingerprint density at radius 1 is 0.438 bits per heavy atom. The molecule has 0 bridgehead atoms. The molecule has 0 unspecified atom stereocenters. The molecule has 7 nitrogen and oxygen atoms in total. The van der Waals surface area contributed by atoms with Crippen LogP contribution in [0.2, 0.25) is 0 Å². The molecule has 0 amide bonds. The van der Waals surface area contributed by atoms with Crippen molar-refractivity contribution in [3.05, 3.63) is 0 Å². The van der Waals surface area contributed by atoms with Crippen molar-refractivity contribution in [3.63, 3.8) is 0 Å². The molecule has 0 fully saturated rings. The number of hydrogen-bond donors (Lipinski definition) is 0. The van der Waals surface area contributed by atoms with Gasteiger partial charge in [0.1, 0.15) is 0 Å². The minimum Gasteiger partial charge on any atom is -0.813 e. The summed E-state index contributed by atoms with van der Waals surface area (Å²) in [4.78, 5) is 38.8. The summed E-state index contributed by atoms with van der Waals surface area (Å²) in [5, 5.41) is 0. The van der Waals surface area contributed by atoms with E-state index in [-0.39, 0.29) is 72.1 Å². The number of thiol groups is 2. The number of carbonyl (C=O) groups excluding carboxylic acids is 5. The van der Waals surface area contributed by atoms with E-state index < -0.39 is 0 Å². The van der Waals surface area contributed by atoms with E-state index in [1.165, 1.54) is 0 Å². The Kier molecular flexibility index (Phi) is 330000000. The SMILES string of the molecule is O.O.[CH-]=O.[CH-]=O.[CH-]=O.[CH-]=O.[CH-]=O.[Fe+2].[Fe+5].[SH-].[SH-]. The van der Waals surface area contributed by atoms with Crippen LogP contribution in [0.3, 0.4) is 0 Å². The fraction of sp³-hybridized carbons (Fsp3) is 0. The van der Waals surface area contributed by atoms with Crippen LogP contribution in [0.4, 0.5) is 0 Å². The van der Waals surface area contributed by atoms with E-state index in [9.17, 15) is 0 Å². The molecule has 0 aromatic rings. The molecule has 0 rings (SSSR count). The van der Waals surface area contributed by atoms with Gasteiger partial charge in [0.2, 0.25) is 0 Å². The number of rotatable bonds is 0. The molecule has 0 aliphatic rings. The first-order chi connectivity index (χ1) is 5.00. The van der Waals surface area contributed by atoms with E-state index in [1.807, 2.05) is 0 Å². The largest absolute Gasteiger partial charge is 5.00 e. The average Bonchev–Trinajstić information content (AvgIpc) is 2.20. The normalized spacial score (nSPS) is 1.25. The molecule has 101 valence electrons. The maximum atomic E-state index is 7.75. The Morgan fingerprint density at radius 3 is 0.438 bits per heavy atom. The second-order valence-corrected chi connectivity index (χ2v) is 0. The predicted octanol–water partition coefficient (Wildman–Crippen LogP) is -3.57. The van der Waals surface area contributed by atoms with Crippen LogP contribution in [-0.4, -0.2) is 44.9 Å². The Labute approximate surface area is 130 Å². The summed E-state index contributed by atoms with van der Waals surface area (Å²) in [7, 11) is 0. The van der Waals surface area contributed by atoms with Crippen molar-refractivity contribution < 1.29 is 69.1 Å². The summed E-state index contributed by atoms with van der Waals surface area (Å²) < 4.78 is 0. The molecule has 0 heterocycles. The van der Waals surface area contributed by atoms with Gasteiger partial charge in [0.15, 0.2) is 0 Å². The maximum Gasteiger partial charge on any atom is 5.00 e. The van der Waals surface area contributed by atoms with E-state index in [0.717, 1.165) is 0 Å². The van der Waals surface area contributed by atoms with Crippen LogP contribution in [0.5, 0.6) is 0 Å². The van der Waals surface area contributed by atoms with Crippen molar-refractivity contribution in [3.8, 4) is 0 Å². The van der Waals surface area contributed by atoms with Gasteiger partial charge in [-0.3, -0.25) is 33.9 Å². The molecule has 0 saturated carbocycles. The second kappa shape index (κ2) is 36700000. The van der Waals surface area contributed by atoms with Crippen molar-refractivity contribution in [2.75, 3.05) is 0 Å². The maximum absolute atomic E-state index is 7.75. The molecule has 0 aliphatic heterocycles. The van der Waals surface area contributed by atoms with Crippen LogP contribution in [0.15, 0.2) is 0 Å². The molecule has 0 atom stereocenters. The first kappa shape index (κ1) is 144. The molecule has 0 spiro atoms. The fourth-order valence-electron chi connectivity index (χ4n) is 0. The third-order valence-corrected chi connectivity index (χ3v) is 0. The molecule has 16 heavy (non-hydrogen) atoms. The van der Waals surface area contributed by atoms with Gasteiger partial charge in [-0.05, 0) is 0 Å². The first-order valence-electron chi connectivity index (χ1n) is 1.18. The molecule has 0 saturated heterocycles. The van der Waals surface area contributed by atoms with Crippen LogP contribution in [0.1, 0.15) is 0 Å². The molecule has 0 aromatic heterocycles. The van der Waals surface area contributed by atoms with Crippen LogP contribution < -0.4 is 0 Å². The summed E-state index contributed by atoms with van der Waals surface area (Å²) in [5.41, 5.74) is 0. The van der Waals surface area contributed by atoms with E-state index in [1.54, 1.807) is 0 Å². The third kappa shape index (κ3) is 29500000. The van der Waals surface area contributed by atoms with Gasteiger partial charge in [-0.2, -0.15) is 0 Å². The summed E-state index contributed by atoms with van der Waals surface area (Å²) in [6, 6.07) is 0. The molecule has 4 N–H and O–H groups in total. The van der Waals surface area contributed by atoms with Gasteiger partial charge in [0.25, 0.3) is 0 Å². The zero-order valence-electron chi connectivity index (χ0n) is 7.53. The predicted molar refractivity (Wildman–Crippen MR) is 58.5 cm³/mol. The van der Waals surface area contributed by atoms with E-state index in [2.05, 4.69) is 33.9 Å².